The molecule has 2 aromatic rings. The molecular formula is C20H20Br2O7. The second-order valence-corrected chi connectivity index (χ2v) is 9.68. The number of fused-ring (bicyclic) bond motifs is 1. The predicted molar refractivity (Wildman–Crippen MR) is 114 cm³/mol. The van der Waals surface area contributed by atoms with Gasteiger partial charge in [-0.2, -0.15) is 0 Å². The number of hydrogen-bond donors (Lipinski definition) is 0. The first-order valence-electron chi connectivity index (χ1n) is 8.47. The molecule has 1 unspecified atom stereocenters. The predicted octanol–water partition coefficient (Wildman–Crippen LogP) is 4.53. The highest BCUT2D eigenvalue weighted by Crippen LogP contribution is 2.54. The molecule has 7 nitrogen and oxygen atoms in total. The molecule has 1 aliphatic rings. The molecule has 3 rings (SSSR count). The van der Waals surface area contributed by atoms with E-state index in [1.165, 1.54) is 35.5 Å². The average molecular weight is 532 g/mol. The first-order chi connectivity index (χ1) is 13.8. The van der Waals surface area contributed by atoms with Crippen LogP contribution in [0.25, 0.3) is 0 Å². The number of ether oxygens (including phenoxy) is 6. The van der Waals surface area contributed by atoms with Crippen LogP contribution in [0.5, 0.6) is 34.5 Å². The summed E-state index contributed by atoms with van der Waals surface area (Å²) < 4.78 is 31.9. The molecule has 1 atom stereocenters. The van der Waals surface area contributed by atoms with Gasteiger partial charge in [0.25, 0.3) is 0 Å². The largest absolute Gasteiger partial charge is 0.496 e. The molecule has 0 spiro atoms. The van der Waals surface area contributed by atoms with E-state index in [1.807, 2.05) is 0 Å². The molecule has 0 aliphatic carbocycles. The fourth-order valence-corrected chi connectivity index (χ4v) is 4.29. The van der Waals surface area contributed by atoms with Crippen LogP contribution >= 0.6 is 31.9 Å². The van der Waals surface area contributed by atoms with Crippen LogP contribution < -0.4 is 28.4 Å². The molecule has 0 radical (unpaired) electrons. The van der Waals surface area contributed by atoms with Crippen molar-refractivity contribution in [2.24, 2.45) is 0 Å². The summed E-state index contributed by atoms with van der Waals surface area (Å²) in [6.45, 7) is 0. The lowest BCUT2D eigenvalue weighted by Crippen LogP contribution is -2.40. The van der Waals surface area contributed by atoms with Crippen molar-refractivity contribution < 1.29 is 33.2 Å². The Morgan fingerprint density at radius 1 is 0.828 bits per heavy atom. The van der Waals surface area contributed by atoms with Crippen molar-refractivity contribution in [3.8, 4) is 34.5 Å². The lowest BCUT2D eigenvalue weighted by atomic mass is 9.94. The number of methoxy groups -OCH3 is 5. The zero-order chi connectivity index (χ0) is 21.3. The fourth-order valence-electron chi connectivity index (χ4n) is 3.18. The Bertz CT molecular complexity index is 918. The highest BCUT2D eigenvalue weighted by molar-refractivity contribution is 9.26. The second-order valence-electron chi connectivity index (χ2n) is 6.11. The standard InChI is InChI=1S/C20H20Br2O7/c1-24-11-8-12(25-2)16-13(9-11)29-19(20(21,22)18(16)23)10-6-14(26-3)17(28-5)15(7-10)27-4/h6-9,19H,1-5H3. The summed E-state index contributed by atoms with van der Waals surface area (Å²) >= 11 is 7.00. The summed E-state index contributed by atoms with van der Waals surface area (Å²) in [4.78, 5) is 13.4. The molecule has 9 heteroatoms. The SMILES string of the molecule is COc1cc(OC)c2c(c1)OC(c1cc(OC)c(OC)c(OC)c1)C(Br)(Br)C2=O. The Labute approximate surface area is 185 Å². The van der Waals surface area contributed by atoms with Crippen molar-refractivity contribution in [2.75, 3.05) is 35.5 Å². The Morgan fingerprint density at radius 3 is 1.90 bits per heavy atom. The number of benzene rings is 2. The van der Waals surface area contributed by atoms with Gasteiger partial charge in [-0.3, -0.25) is 4.79 Å². The number of hydrogen-bond acceptors (Lipinski definition) is 7. The highest BCUT2D eigenvalue weighted by Gasteiger charge is 2.50. The van der Waals surface area contributed by atoms with Gasteiger partial charge in [0, 0.05) is 17.7 Å². The fraction of sp³-hybridized carbons (Fsp3) is 0.350. The maximum Gasteiger partial charge on any atom is 0.203 e. The topological polar surface area (TPSA) is 72.5 Å². The lowest BCUT2D eigenvalue weighted by Gasteiger charge is -2.36. The molecule has 2 aromatic carbocycles. The normalized spacial score (nSPS) is 17.1. The Morgan fingerprint density at radius 2 is 1.41 bits per heavy atom. The Kier molecular flexibility index (Phi) is 6.19. The number of alkyl halides is 2. The molecule has 0 saturated carbocycles. The van der Waals surface area contributed by atoms with E-state index in [9.17, 15) is 4.79 Å². The van der Waals surface area contributed by atoms with Crippen molar-refractivity contribution in [3.63, 3.8) is 0 Å². The quantitative estimate of drug-likeness (QED) is 0.507. The van der Waals surface area contributed by atoms with Crippen LogP contribution in [0.1, 0.15) is 22.0 Å². The minimum Gasteiger partial charge on any atom is -0.496 e. The minimum atomic E-state index is -1.25. The van der Waals surface area contributed by atoms with Gasteiger partial charge in [0.1, 0.15) is 22.8 Å². The Hall–Kier alpha value is -2.13. The molecule has 1 aliphatic heterocycles. The molecular weight excluding hydrogens is 512 g/mol. The summed E-state index contributed by atoms with van der Waals surface area (Å²) in [5.41, 5.74) is 0.944. The summed E-state index contributed by atoms with van der Waals surface area (Å²) in [7, 11) is 7.58. The maximum absolute atomic E-state index is 13.4. The molecule has 0 amide bonds. The first kappa shape index (κ1) is 21.6. The number of Topliss-reactive ketones (excluding diaryl/α,β-unsaturated/α-hetero) is 1. The van der Waals surface area contributed by atoms with Crippen LogP contribution in [0.3, 0.4) is 0 Å². The van der Waals surface area contributed by atoms with Crippen LogP contribution in [0.2, 0.25) is 0 Å². The van der Waals surface area contributed by atoms with E-state index in [2.05, 4.69) is 31.9 Å². The molecule has 156 valence electrons. The van der Waals surface area contributed by atoms with Crippen LogP contribution in [-0.2, 0) is 0 Å². The summed E-state index contributed by atoms with van der Waals surface area (Å²) in [5, 5.41) is 0. The molecule has 1 heterocycles. The van der Waals surface area contributed by atoms with E-state index < -0.39 is 9.34 Å². The number of carbonyl (C=O) groups is 1. The van der Waals surface area contributed by atoms with Crippen LogP contribution in [-0.4, -0.2) is 44.6 Å². The smallest absolute Gasteiger partial charge is 0.203 e. The van der Waals surface area contributed by atoms with Crippen LogP contribution in [0.15, 0.2) is 24.3 Å². The van der Waals surface area contributed by atoms with E-state index in [-0.39, 0.29) is 5.78 Å². The van der Waals surface area contributed by atoms with Gasteiger partial charge >= 0.3 is 0 Å². The molecule has 0 bridgehead atoms. The monoisotopic (exact) mass is 530 g/mol. The molecule has 0 saturated heterocycles. The van der Waals surface area contributed by atoms with Gasteiger partial charge in [0.2, 0.25) is 11.5 Å². The van der Waals surface area contributed by atoms with Crippen molar-refractivity contribution >= 4 is 37.6 Å². The second kappa shape index (κ2) is 8.31. The van der Waals surface area contributed by atoms with Crippen molar-refractivity contribution in [1.82, 2.24) is 0 Å². The third kappa shape index (κ3) is 3.61. The van der Waals surface area contributed by atoms with E-state index in [4.69, 9.17) is 28.4 Å². The van der Waals surface area contributed by atoms with Gasteiger partial charge in [0.15, 0.2) is 20.8 Å². The van der Waals surface area contributed by atoms with Gasteiger partial charge in [-0.15, -0.1) is 0 Å². The van der Waals surface area contributed by atoms with Crippen LogP contribution in [0.4, 0.5) is 0 Å². The zero-order valence-electron chi connectivity index (χ0n) is 16.5. The average Bonchev–Trinajstić information content (AvgIpc) is 2.74. The van der Waals surface area contributed by atoms with Crippen molar-refractivity contribution in [2.45, 2.75) is 9.34 Å². The third-order valence-corrected chi connectivity index (χ3v) is 6.14. The minimum absolute atomic E-state index is 0.253. The molecule has 0 N–H and O–H groups in total. The maximum atomic E-state index is 13.4. The van der Waals surface area contributed by atoms with Gasteiger partial charge in [-0.25, -0.2) is 0 Å². The Balaban J connectivity index is 2.19. The molecule has 29 heavy (non-hydrogen) atoms. The van der Waals surface area contributed by atoms with E-state index in [1.54, 1.807) is 24.3 Å². The number of rotatable bonds is 6. The molecule has 0 aromatic heterocycles. The summed E-state index contributed by atoms with van der Waals surface area (Å²) in [6.07, 6.45) is -0.756. The molecule has 0 fully saturated rings. The van der Waals surface area contributed by atoms with Crippen LogP contribution in [0, 0.1) is 0 Å². The van der Waals surface area contributed by atoms with Gasteiger partial charge < -0.3 is 28.4 Å². The summed E-state index contributed by atoms with van der Waals surface area (Å²) in [5.74, 6) is 2.30. The van der Waals surface area contributed by atoms with E-state index in [0.29, 0.717) is 45.6 Å². The highest BCUT2D eigenvalue weighted by atomic mass is 79.9. The van der Waals surface area contributed by atoms with E-state index in [0.717, 1.165) is 0 Å². The number of ketones is 1. The van der Waals surface area contributed by atoms with E-state index >= 15 is 0 Å². The van der Waals surface area contributed by atoms with Crippen molar-refractivity contribution in [3.05, 3.63) is 35.4 Å². The van der Waals surface area contributed by atoms with Gasteiger partial charge in [-0.05, 0) is 12.1 Å². The van der Waals surface area contributed by atoms with Gasteiger partial charge in [0.05, 0.1) is 35.5 Å². The number of carbonyl (C=O) groups excluding carboxylic acids is 1. The first-order valence-corrected chi connectivity index (χ1v) is 10.1. The lowest BCUT2D eigenvalue weighted by molar-refractivity contribution is 0.0843. The van der Waals surface area contributed by atoms with Gasteiger partial charge in [-0.1, -0.05) is 31.9 Å². The number of halogens is 2. The third-order valence-electron chi connectivity index (χ3n) is 4.59. The zero-order valence-corrected chi connectivity index (χ0v) is 19.7. The summed E-state index contributed by atoms with van der Waals surface area (Å²) in [6, 6.07) is 6.75. The van der Waals surface area contributed by atoms with Crippen molar-refractivity contribution in [1.29, 1.82) is 0 Å².